The van der Waals surface area contributed by atoms with Crippen LogP contribution in [-0.2, 0) is 16.1 Å². The standard InChI is InChI=1S/C20H17Cl2N3O5/c21-13-5-4-11(6-14(13)22)10-25-16-3-1-2-15(12(16)7-17(25)20(29)30)24-18(26)8-23-9-19(27)28/h1-7,23H,8-10H2,(H,24,26)(H,27,28)(H,29,30). The number of benzene rings is 2. The van der Waals surface area contributed by atoms with Gasteiger partial charge >= 0.3 is 11.9 Å². The molecule has 0 saturated heterocycles. The van der Waals surface area contributed by atoms with E-state index in [1.807, 2.05) is 0 Å². The van der Waals surface area contributed by atoms with Crippen LogP contribution >= 0.6 is 23.2 Å². The minimum atomic E-state index is -1.12. The number of carboxylic acids is 2. The summed E-state index contributed by atoms with van der Waals surface area (Å²) in [5.41, 5.74) is 1.83. The van der Waals surface area contributed by atoms with Crippen molar-refractivity contribution in [3.63, 3.8) is 0 Å². The smallest absolute Gasteiger partial charge is 0.352 e. The van der Waals surface area contributed by atoms with Crippen molar-refractivity contribution in [3.8, 4) is 0 Å². The third-order valence-corrected chi connectivity index (χ3v) is 5.06. The van der Waals surface area contributed by atoms with Crippen molar-refractivity contribution in [2.45, 2.75) is 6.54 Å². The second kappa shape index (κ2) is 9.17. The van der Waals surface area contributed by atoms with Crippen molar-refractivity contribution in [1.29, 1.82) is 0 Å². The number of aliphatic carboxylic acids is 1. The number of carbonyl (C=O) groups is 3. The first kappa shape index (κ1) is 21.6. The summed E-state index contributed by atoms with van der Waals surface area (Å²) in [6, 6.07) is 11.6. The van der Waals surface area contributed by atoms with Crippen molar-refractivity contribution in [2.75, 3.05) is 18.4 Å². The fraction of sp³-hybridized carbons (Fsp3) is 0.150. The van der Waals surface area contributed by atoms with E-state index in [1.54, 1.807) is 41.0 Å². The minimum absolute atomic E-state index is 0.0433. The van der Waals surface area contributed by atoms with Gasteiger partial charge in [0, 0.05) is 11.9 Å². The molecule has 10 heteroatoms. The maximum Gasteiger partial charge on any atom is 0.352 e. The Bertz CT molecular complexity index is 1140. The summed E-state index contributed by atoms with van der Waals surface area (Å²) in [6.45, 7) is -0.307. The maximum absolute atomic E-state index is 12.1. The molecule has 3 rings (SSSR count). The largest absolute Gasteiger partial charge is 0.480 e. The molecule has 1 heterocycles. The second-order valence-electron chi connectivity index (χ2n) is 6.45. The number of carboxylic acid groups (broad SMARTS) is 2. The molecule has 0 fully saturated rings. The van der Waals surface area contributed by atoms with Gasteiger partial charge in [-0.25, -0.2) is 4.79 Å². The summed E-state index contributed by atoms with van der Waals surface area (Å²) in [5, 5.41) is 24.8. The maximum atomic E-state index is 12.1. The topological polar surface area (TPSA) is 121 Å². The van der Waals surface area contributed by atoms with Gasteiger partial charge in [-0.1, -0.05) is 35.3 Å². The van der Waals surface area contributed by atoms with Gasteiger partial charge < -0.3 is 20.1 Å². The summed E-state index contributed by atoms with van der Waals surface area (Å²) in [6.07, 6.45) is 0. The first-order valence-corrected chi connectivity index (χ1v) is 9.53. The van der Waals surface area contributed by atoms with Gasteiger partial charge in [0.05, 0.1) is 34.3 Å². The number of rotatable bonds is 8. The number of halogens is 2. The van der Waals surface area contributed by atoms with E-state index in [0.29, 0.717) is 26.6 Å². The van der Waals surface area contributed by atoms with Crippen LogP contribution in [0.5, 0.6) is 0 Å². The van der Waals surface area contributed by atoms with E-state index >= 15 is 0 Å². The lowest BCUT2D eigenvalue weighted by Crippen LogP contribution is -2.31. The Morgan fingerprint density at radius 2 is 1.73 bits per heavy atom. The lowest BCUT2D eigenvalue weighted by molar-refractivity contribution is -0.135. The second-order valence-corrected chi connectivity index (χ2v) is 7.27. The van der Waals surface area contributed by atoms with Crippen molar-refractivity contribution in [2.24, 2.45) is 0 Å². The van der Waals surface area contributed by atoms with Gasteiger partial charge in [-0.3, -0.25) is 14.9 Å². The Morgan fingerprint density at radius 1 is 0.967 bits per heavy atom. The van der Waals surface area contributed by atoms with Crippen LogP contribution in [0.4, 0.5) is 5.69 Å². The van der Waals surface area contributed by atoms with Gasteiger partial charge in [0.15, 0.2) is 0 Å². The van der Waals surface area contributed by atoms with E-state index in [0.717, 1.165) is 5.56 Å². The average Bonchev–Trinajstić information content (AvgIpc) is 3.04. The SMILES string of the molecule is O=C(O)CNCC(=O)Nc1cccc2c1cc(C(=O)O)n2Cc1ccc(Cl)c(Cl)c1. The highest BCUT2D eigenvalue weighted by molar-refractivity contribution is 6.42. The van der Waals surface area contributed by atoms with Crippen LogP contribution in [0.2, 0.25) is 10.0 Å². The molecule has 4 N–H and O–H groups in total. The normalized spacial score (nSPS) is 10.9. The molecule has 1 aromatic heterocycles. The van der Waals surface area contributed by atoms with Gasteiger partial charge in [-0.2, -0.15) is 0 Å². The zero-order chi connectivity index (χ0) is 21.8. The Kier molecular flexibility index (Phi) is 6.61. The third kappa shape index (κ3) is 4.91. The van der Waals surface area contributed by atoms with Crippen LogP contribution in [0, 0.1) is 0 Å². The van der Waals surface area contributed by atoms with Crippen LogP contribution in [-0.4, -0.2) is 45.7 Å². The zero-order valence-corrected chi connectivity index (χ0v) is 17.0. The van der Waals surface area contributed by atoms with Gasteiger partial charge in [-0.05, 0) is 35.9 Å². The molecular weight excluding hydrogens is 433 g/mol. The summed E-state index contributed by atoms with van der Waals surface area (Å²) in [4.78, 5) is 34.5. The molecule has 0 aliphatic heterocycles. The zero-order valence-electron chi connectivity index (χ0n) is 15.5. The van der Waals surface area contributed by atoms with Crippen LogP contribution in [0.1, 0.15) is 16.1 Å². The van der Waals surface area contributed by atoms with Gasteiger partial charge in [0.1, 0.15) is 5.69 Å². The van der Waals surface area contributed by atoms with E-state index in [9.17, 15) is 19.5 Å². The predicted molar refractivity (Wildman–Crippen MR) is 114 cm³/mol. The molecule has 2 aromatic carbocycles. The first-order valence-electron chi connectivity index (χ1n) is 8.78. The molecule has 0 bridgehead atoms. The molecule has 0 saturated carbocycles. The number of aromatic carboxylic acids is 1. The number of hydrogen-bond donors (Lipinski definition) is 4. The van der Waals surface area contributed by atoms with E-state index < -0.39 is 17.8 Å². The monoisotopic (exact) mass is 449 g/mol. The van der Waals surface area contributed by atoms with Crippen molar-refractivity contribution >= 4 is 57.6 Å². The number of fused-ring (bicyclic) bond motifs is 1. The predicted octanol–water partition coefficient (Wildman–Crippen LogP) is 3.31. The van der Waals surface area contributed by atoms with Crippen molar-refractivity contribution < 1.29 is 24.6 Å². The number of anilines is 1. The number of amides is 1. The Balaban J connectivity index is 1.94. The van der Waals surface area contributed by atoms with Crippen LogP contribution in [0.15, 0.2) is 42.5 Å². The fourth-order valence-electron chi connectivity index (χ4n) is 3.04. The van der Waals surface area contributed by atoms with Crippen molar-refractivity contribution in [1.82, 2.24) is 9.88 Å². The van der Waals surface area contributed by atoms with E-state index in [4.69, 9.17) is 28.3 Å². The lowest BCUT2D eigenvalue weighted by Gasteiger charge is -2.11. The molecule has 0 aliphatic rings. The van der Waals surface area contributed by atoms with Gasteiger partial charge in [0.25, 0.3) is 0 Å². The number of carbonyl (C=O) groups excluding carboxylic acids is 1. The van der Waals surface area contributed by atoms with E-state index in [-0.39, 0.29) is 25.3 Å². The van der Waals surface area contributed by atoms with Crippen LogP contribution in [0.25, 0.3) is 10.9 Å². The highest BCUT2D eigenvalue weighted by Gasteiger charge is 2.18. The van der Waals surface area contributed by atoms with Gasteiger partial charge in [-0.15, -0.1) is 0 Å². The molecule has 156 valence electrons. The Hall–Kier alpha value is -3.07. The van der Waals surface area contributed by atoms with E-state index in [1.165, 1.54) is 6.07 Å². The van der Waals surface area contributed by atoms with Crippen molar-refractivity contribution in [3.05, 3.63) is 63.8 Å². The molecule has 0 spiro atoms. The number of hydrogen-bond acceptors (Lipinski definition) is 4. The van der Waals surface area contributed by atoms with Crippen LogP contribution in [0.3, 0.4) is 0 Å². The molecule has 0 atom stereocenters. The first-order chi connectivity index (χ1) is 14.3. The Morgan fingerprint density at radius 3 is 2.40 bits per heavy atom. The van der Waals surface area contributed by atoms with Crippen LogP contribution < -0.4 is 10.6 Å². The summed E-state index contributed by atoms with van der Waals surface area (Å²) in [5.74, 6) is -2.64. The highest BCUT2D eigenvalue weighted by atomic mass is 35.5. The quantitative estimate of drug-likeness (QED) is 0.418. The molecule has 3 aromatic rings. The summed E-state index contributed by atoms with van der Waals surface area (Å²) >= 11 is 12.0. The molecule has 0 aliphatic carbocycles. The molecular formula is C20H17Cl2N3O5. The molecule has 30 heavy (non-hydrogen) atoms. The average molecular weight is 450 g/mol. The number of aromatic nitrogens is 1. The highest BCUT2D eigenvalue weighted by Crippen LogP contribution is 2.29. The van der Waals surface area contributed by atoms with E-state index in [2.05, 4.69) is 10.6 Å². The Labute approximate surface area is 181 Å². The summed E-state index contributed by atoms with van der Waals surface area (Å²) < 4.78 is 1.61. The lowest BCUT2D eigenvalue weighted by atomic mass is 10.2. The fourth-order valence-corrected chi connectivity index (χ4v) is 3.36. The van der Waals surface area contributed by atoms with Gasteiger partial charge in [0.2, 0.25) is 5.91 Å². The minimum Gasteiger partial charge on any atom is -0.480 e. The molecule has 1 amide bonds. The number of nitrogens with zero attached hydrogens (tertiary/aromatic N) is 1. The molecule has 0 radical (unpaired) electrons. The molecule has 8 nitrogen and oxygen atoms in total. The molecule has 0 unspecified atom stereocenters. The number of nitrogens with one attached hydrogen (secondary N) is 2. The third-order valence-electron chi connectivity index (χ3n) is 4.33. The summed E-state index contributed by atoms with van der Waals surface area (Å²) in [7, 11) is 0.